The Hall–Kier alpha value is -3.43. The largest absolute Gasteiger partial charge is 0.494 e. The first-order chi connectivity index (χ1) is 11.4. The van der Waals surface area contributed by atoms with E-state index in [9.17, 15) is 19.7 Å². The molecule has 2 aromatic rings. The number of rotatable bonds is 7. The number of nitrogens with one attached hydrogen (secondary N) is 1. The van der Waals surface area contributed by atoms with Gasteiger partial charge in [0.15, 0.2) is 5.69 Å². The van der Waals surface area contributed by atoms with Gasteiger partial charge in [0.2, 0.25) is 5.91 Å². The third-order valence-electron chi connectivity index (χ3n) is 2.92. The van der Waals surface area contributed by atoms with Crippen LogP contribution >= 0.6 is 0 Å². The molecule has 0 fully saturated rings. The Labute approximate surface area is 135 Å². The van der Waals surface area contributed by atoms with Crippen molar-refractivity contribution >= 4 is 23.3 Å². The van der Waals surface area contributed by atoms with Gasteiger partial charge in [0.1, 0.15) is 18.0 Å². The number of benzene rings is 1. The van der Waals surface area contributed by atoms with Crippen molar-refractivity contribution in [2.45, 2.75) is 13.5 Å². The number of nitrogens with zero attached hydrogens (tertiary/aromatic N) is 3. The number of carboxylic acids is 1. The number of hydrogen-bond acceptors (Lipinski definition) is 6. The number of aromatic nitrogens is 2. The average Bonchev–Trinajstić information content (AvgIpc) is 2.97. The third kappa shape index (κ3) is 4.06. The number of nitro benzene ring substituents is 1. The van der Waals surface area contributed by atoms with Gasteiger partial charge >= 0.3 is 5.97 Å². The Kier molecular flexibility index (Phi) is 5.09. The van der Waals surface area contributed by atoms with Crippen LogP contribution in [-0.4, -0.2) is 38.3 Å². The summed E-state index contributed by atoms with van der Waals surface area (Å²) in [6.07, 6.45) is 1.33. The molecule has 0 unspecified atom stereocenters. The summed E-state index contributed by atoms with van der Waals surface area (Å²) in [7, 11) is 0. The quantitative estimate of drug-likeness (QED) is 0.578. The lowest BCUT2D eigenvalue weighted by Crippen LogP contribution is -2.20. The molecule has 1 aromatic heterocycles. The lowest BCUT2D eigenvalue weighted by molar-refractivity contribution is -0.384. The summed E-state index contributed by atoms with van der Waals surface area (Å²) in [6.45, 7) is 1.82. The summed E-state index contributed by atoms with van der Waals surface area (Å²) in [5.74, 6) is -1.47. The van der Waals surface area contributed by atoms with Crippen molar-refractivity contribution in [1.29, 1.82) is 0 Å². The van der Waals surface area contributed by atoms with Gasteiger partial charge in [-0.15, -0.1) is 0 Å². The predicted octanol–water partition coefficient (Wildman–Crippen LogP) is 1.53. The first kappa shape index (κ1) is 16.9. The molecule has 0 spiro atoms. The third-order valence-corrected chi connectivity index (χ3v) is 2.92. The molecule has 0 atom stereocenters. The molecule has 2 N–H and O–H groups in total. The highest BCUT2D eigenvalue weighted by Crippen LogP contribution is 2.29. The molecular formula is C14H14N4O6. The van der Waals surface area contributed by atoms with Crippen molar-refractivity contribution in [3.8, 4) is 5.75 Å². The standard InChI is InChI=1S/C14H14N4O6/c1-2-24-9-3-4-10(12(7-9)18(22)23)15-13(19)8-17-6-5-11(16-17)14(20)21/h3-7H,2,8H2,1H3,(H,15,19)(H,20,21). The maximum atomic E-state index is 12.0. The SMILES string of the molecule is CCOc1ccc(NC(=O)Cn2ccc(C(=O)O)n2)c([N+](=O)[O-])c1. The number of carbonyl (C=O) groups excluding carboxylic acids is 1. The monoisotopic (exact) mass is 334 g/mol. The van der Waals surface area contributed by atoms with Gasteiger partial charge in [0, 0.05) is 6.20 Å². The van der Waals surface area contributed by atoms with Crippen LogP contribution < -0.4 is 10.1 Å². The molecule has 1 amide bonds. The molecule has 24 heavy (non-hydrogen) atoms. The molecule has 126 valence electrons. The van der Waals surface area contributed by atoms with E-state index in [-0.39, 0.29) is 23.6 Å². The highest BCUT2D eigenvalue weighted by Gasteiger charge is 2.18. The zero-order valence-corrected chi connectivity index (χ0v) is 12.6. The second kappa shape index (κ2) is 7.22. The van der Waals surface area contributed by atoms with Crippen molar-refractivity contribution in [2.24, 2.45) is 0 Å². The number of amides is 1. The molecule has 0 saturated carbocycles. The van der Waals surface area contributed by atoms with Crippen LogP contribution in [0.15, 0.2) is 30.5 Å². The number of carboxylic acid groups (broad SMARTS) is 1. The molecule has 0 aliphatic heterocycles. The van der Waals surface area contributed by atoms with Crippen molar-refractivity contribution in [1.82, 2.24) is 9.78 Å². The lowest BCUT2D eigenvalue weighted by Gasteiger charge is -2.08. The second-order valence-corrected chi connectivity index (χ2v) is 4.62. The molecule has 0 aliphatic carbocycles. The predicted molar refractivity (Wildman–Crippen MR) is 82.1 cm³/mol. The minimum atomic E-state index is -1.21. The normalized spacial score (nSPS) is 10.2. The van der Waals surface area contributed by atoms with Crippen molar-refractivity contribution in [3.63, 3.8) is 0 Å². The Morgan fingerprint density at radius 1 is 1.42 bits per heavy atom. The van der Waals surface area contributed by atoms with Crippen molar-refractivity contribution in [3.05, 3.63) is 46.3 Å². The van der Waals surface area contributed by atoms with Crippen LogP contribution in [-0.2, 0) is 11.3 Å². The highest BCUT2D eigenvalue weighted by molar-refractivity contribution is 5.93. The fourth-order valence-corrected chi connectivity index (χ4v) is 1.93. The Morgan fingerprint density at radius 2 is 2.17 bits per heavy atom. The highest BCUT2D eigenvalue weighted by atomic mass is 16.6. The van der Waals surface area contributed by atoms with Gasteiger partial charge in [-0.2, -0.15) is 5.10 Å². The zero-order valence-electron chi connectivity index (χ0n) is 12.6. The molecule has 1 heterocycles. The van der Waals surface area contributed by atoms with Crippen molar-refractivity contribution in [2.75, 3.05) is 11.9 Å². The first-order valence-corrected chi connectivity index (χ1v) is 6.88. The molecule has 0 radical (unpaired) electrons. The molecule has 0 bridgehead atoms. The summed E-state index contributed by atoms with van der Waals surface area (Å²) in [5.41, 5.74) is -0.491. The van der Waals surface area contributed by atoms with Gasteiger partial charge in [-0.05, 0) is 25.1 Å². The van der Waals surface area contributed by atoms with Crippen LogP contribution in [0, 0.1) is 10.1 Å². The van der Waals surface area contributed by atoms with E-state index in [1.165, 1.54) is 30.5 Å². The molecule has 2 rings (SSSR count). The Bertz CT molecular complexity index is 785. The van der Waals surface area contributed by atoms with Gasteiger partial charge in [-0.25, -0.2) is 4.79 Å². The van der Waals surface area contributed by atoms with E-state index in [0.717, 1.165) is 4.68 Å². The summed E-state index contributed by atoms with van der Waals surface area (Å²) in [5, 5.41) is 26.0. The van der Waals surface area contributed by atoms with Crippen LogP contribution in [0.5, 0.6) is 5.75 Å². The number of nitro groups is 1. The maximum Gasteiger partial charge on any atom is 0.356 e. The summed E-state index contributed by atoms with van der Waals surface area (Å²) >= 11 is 0. The van der Waals surface area contributed by atoms with Crippen LogP contribution in [0.2, 0.25) is 0 Å². The van der Waals surface area contributed by atoms with E-state index in [0.29, 0.717) is 12.4 Å². The van der Waals surface area contributed by atoms with Crippen LogP contribution in [0.25, 0.3) is 0 Å². The lowest BCUT2D eigenvalue weighted by atomic mass is 10.2. The molecule has 0 saturated heterocycles. The number of hydrogen-bond donors (Lipinski definition) is 2. The van der Waals surface area contributed by atoms with Crippen LogP contribution in [0.1, 0.15) is 17.4 Å². The first-order valence-electron chi connectivity index (χ1n) is 6.88. The minimum Gasteiger partial charge on any atom is -0.494 e. The second-order valence-electron chi connectivity index (χ2n) is 4.62. The molecular weight excluding hydrogens is 320 g/mol. The van der Waals surface area contributed by atoms with Gasteiger partial charge < -0.3 is 15.2 Å². The van der Waals surface area contributed by atoms with E-state index in [4.69, 9.17) is 9.84 Å². The Morgan fingerprint density at radius 3 is 2.75 bits per heavy atom. The molecule has 1 aromatic carbocycles. The topological polar surface area (TPSA) is 137 Å². The van der Waals surface area contributed by atoms with Gasteiger partial charge in [-0.3, -0.25) is 19.6 Å². The molecule has 0 aliphatic rings. The maximum absolute atomic E-state index is 12.0. The molecule has 10 heteroatoms. The van der Waals surface area contributed by atoms with Crippen LogP contribution in [0.4, 0.5) is 11.4 Å². The van der Waals surface area contributed by atoms with E-state index in [1.807, 2.05) is 0 Å². The number of aromatic carboxylic acids is 1. The van der Waals surface area contributed by atoms with Crippen LogP contribution in [0.3, 0.4) is 0 Å². The van der Waals surface area contributed by atoms with Gasteiger partial charge in [0.25, 0.3) is 5.69 Å². The number of carbonyl (C=O) groups is 2. The number of ether oxygens (including phenoxy) is 1. The fraction of sp³-hybridized carbons (Fsp3) is 0.214. The minimum absolute atomic E-state index is 0.0130. The summed E-state index contributed by atoms with van der Waals surface area (Å²) in [4.78, 5) is 33.2. The van der Waals surface area contributed by atoms with Crippen molar-refractivity contribution < 1.29 is 24.4 Å². The molecule has 10 nitrogen and oxygen atoms in total. The van der Waals surface area contributed by atoms with E-state index in [2.05, 4.69) is 10.4 Å². The van der Waals surface area contributed by atoms with Gasteiger partial charge in [-0.1, -0.05) is 0 Å². The smallest absolute Gasteiger partial charge is 0.356 e. The Balaban J connectivity index is 2.12. The number of anilines is 1. The van der Waals surface area contributed by atoms with E-state index >= 15 is 0 Å². The average molecular weight is 334 g/mol. The van der Waals surface area contributed by atoms with Gasteiger partial charge in [0.05, 0.1) is 17.6 Å². The zero-order chi connectivity index (χ0) is 17.7. The fourth-order valence-electron chi connectivity index (χ4n) is 1.93. The van der Waals surface area contributed by atoms with E-state index < -0.39 is 16.8 Å². The summed E-state index contributed by atoms with van der Waals surface area (Å²) in [6, 6.07) is 5.33. The summed E-state index contributed by atoms with van der Waals surface area (Å²) < 4.78 is 6.31. The van der Waals surface area contributed by atoms with E-state index in [1.54, 1.807) is 6.92 Å².